The molecule has 100 valence electrons. The van der Waals surface area contributed by atoms with Crippen LogP contribution in [0.3, 0.4) is 0 Å². The lowest BCUT2D eigenvalue weighted by Crippen LogP contribution is -2.23. The van der Waals surface area contributed by atoms with Crippen molar-refractivity contribution >= 4 is 11.6 Å². The molecule has 0 aliphatic heterocycles. The van der Waals surface area contributed by atoms with E-state index in [1.54, 1.807) is 0 Å². The van der Waals surface area contributed by atoms with Crippen LogP contribution in [0.1, 0.15) is 42.5 Å². The highest BCUT2D eigenvalue weighted by molar-refractivity contribution is 6.16. The second kappa shape index (κ2) is 4.97. The van der Waals surface area contributed by atoms with Gasteiger partial charge in [-0.2, -0.15) is 0 Å². The first-order valence-electron chi connectivity index (χ1n) is 6.76. The van der Waals surface area contributed by atoms with Crippen molar-refractivity contribution in [2.75, 3.05) is 0 Å². The summed E-state index contributed by atoms with van der Waals surface area (Å²) in [5.74, 6) is 3.33. The molecule has 0 bridgehead atoms. The zero-order valence-corrected chi connectivity index (χ0v) is 12.1. The monoisotopic (exact) mass is 275 g/mol. The average molecular weight is 276 g/mol. The summed E-state index contributed by atoms with van der Waals surface area (Å²) in [4.78, 5) is 0. The predicted molar refractivity (Wildman–Crippen MR) is 76.4 cm³/mol. The molecule has 1 aliphatic carbocycles. The summed E-state index contributed by atoms with van der Waals surface area (Å²) < 4.78 is 2.21. The normalized spacial score (nSPS) is 17.4. The van der Waals surface area contributed by atoms with E-state index >= 15 is 0 Å². The first kappa shape index (κ1) is 12.7. The molecule has 0 amide bonds. The van der Waals surface area contributed by atoms with Crippen LogP contribution in [0.4, 0.5) is 0 Å². The van der Waals surface area contributed by atoms with Gasteiger partial charge >= 0.3 is 0 Å². The molecule has 3 rings (SSSR count). The molecule has 0 saturated heterocycles. The number of rotatable bonds is 4. The number of hydrogen-bond acceptors (Lipinski definition) is 2. The Balaban J connectivity index is 1.96. The minimum absolute atomic E-state index is 0.388. The maximum absolute atomic E-state index is 5.97. The highest BCUT2D eigenvalue weighted by atomic mass is 35.5. The van der Waals surface area contributed by atoms with Crippen LogP contribution < -0.4 is 0 Å². The van der Waals surface area contributed by atoms with Gasteiger partial charge in [0.2, 0.25) is 0 Å². The summed E-state index contributed by atoms with van der Waals surface area (Å²) in [6, 6.07) is 8.57. The lowest BCUT2D eigenvalue weighted by Gasteiger charge is -2.30. The molecule has 1 aromatic carbocycles. The summed E-state index contributed by atoms with van der Waals surface area (Å²) in [5, 5.41) is 8.63. The summed E-state index contributed by atoms with van der Waals surface area (Å²) in [5.41, 5.74) is 2.82. The summed E-state index contributed by atoms with van der Waals surface area (Å²) >= 11 is 5.97. The number of hydrogen-bond donors (Lipinski definition) is 0. The quantitative estimate of drug-likeness (QED) is 0.801. The topological polar surface area (TPSA) is 30.7 Å². The summed E-state index contributed by atoms with van der Waals surface area (Å²) in [6.07, 6.45) is 1.06. The third-order valence-electron chi connectivity index (χ3n) is 3.69. The maximum atomic E-state index is 5.97. The van der Waals surface area contributed by atoms with E-state index in [0.717, 1.165) is 24.6 Å². The molecule has 1 atom stereocenters. The van der Waals surface area contributed by atoms with Gasteiger partial charge in [-0.25, -0.2) is 0 Å². The molecule has 0 radical (unpaired) electrons. The largest absolute Gasteiger partial charge is 0.313 e. The molecular formula is C15H18ClN3. The molecule has 1 aromatic heterocycles. The van der Waals surface area contributed by atoms with E-state index in [4.69, 9.17) is 11.6 Å². The van der Waals surface area contributed by atoms with E-state index in [-0.39, 0.29) is 0 Å². The van der Waals surface area contributed by atoms with Gasteiger partial charge in [0.15, 0.2) is 0 Å². The Morgan fingerprint density at radius 1 is 1.32 bits per heavy atom. The van der Waals surface area contributed by atoms with Gasteiger partial charge in [0, 0.05) is 12.5 Å². The van der Waals surface area contributed by atoms with Gasteiger partial charge in [0.1, 0.15) is 11.6 Å². The molecule has 0 N–H and O–H groups in total. The smallest absolute Gasteiger partial charge is 0.147 e. The molecular weight excluding hydrogens is 258 g/mol. The molecule has 0 spiro atoms. The number of halogens is 1. The van der Waals surface area contributed by atoms with Crippen molar-refractivity contribution in [3.05, 3.63) is 47.0 Å². The number of aromatic nitrogens is 3. The van der Waals surface area contributed by atoms with Crippen molar-refractivity contribution in [3.63, 3.8) is 0 Å². The maximum Gasteiger partial charge on any atom is 0.147 e. The lowest BCUT2D eigenvalue weighted by atomic mass is 9.77. The minimum Gasteiger partial charge on any atom is -0.313 e. The Hall–Kier alpha value is -1.35. The van der Waals surface area contributed by atoms with Gasteiger partial charge in [0.25, 0.3) is 0 Å². The van der Waals surface area contributed by atoms with Gasteiger partial charge in [-0.05, 0) is 23.5 Å². The number of nitrogens with zero attached hydrogens (tertiary/aromatic N) is 3. The fraction of sp³-hybridized carbons (Fsp3) is 0.467. The Morgan fingerprint density at radius 3 is 2.79 bits per heavy atom. The first-order valence-corrected chi connectivity index (χ1v) is 7.30. The Bertz CT molecular complexity index is 589. The number of benzene rings is 1. The van der Waals surface area contributed by atoms with Crippen LogP contribution in [0.5, 0.6) is 0 Å². The van der Waals surface area contributed by atoms with Gasteiger partial charge in [-0.3, -0.25) is 0 Å². The fourth-order valence-electron chi connectivity index (χ4n) is 2.76. The van der Waals surface area contributed by atoms with Crippen molar-refractivity contribution < 1.29 is 0 Å². The van der Waals surface area contributed by atoms with E-state index < -0.39 is 0 Å². The van der Waals surface area contributed by atoms with E-state index in [0.29, 0.717) is 17.7 Å². The Labute approximate surface area is 118 Å². The van der Waals surface area contributed by atoms with Crippen LogP contribution in [0, 0.1) is 5.92 Å². The highest BCUT2D eigenvalue weighted by Crippen LogP contribution is 2.39. The van der Waals surface area contributed by atoms with Gasteiger partial charge < -0.3 is 4.57 Å². The van der Waals surface area contributed by atoms with E-state index in [9.17, 15) is 0 Å². The minimum atomic E-state index is 0.388. The molecule has 0 fully saturated rings. The SMILES string of the molecule is CC(C)Cn1c(CCl)nnc1C1Cc2ccccc21. The second-order valence-corrected chi connectivity index (χ2v) is 5.84. The van der Waals surface area contributed by atoms with E-state index in [1.165, 1.54) is 11.1 Å². The molecule has 1 aliphatic rings. The summed E-state index contributed by atoms with van der Waals surface area (Å²) in [6.45, 7) is 5.34. The second-order valence-electron chi connectivity index (χ2n) is 5.57. The van der Waals surface area contributed by atoms with Crippen molar-refractivity contribution in [1.29, 1.82) is 0 Å². The molecule has 0 saturated carbocycles. The van der Waals surface area contributed by atoms with Crippen molar-refractivity contribution in [3.8, 4) is 0 Å². The van der Waals surface area contributed by atoms with Crippen molar-refractivity contribution in [2.45, 2.75) is 38.6 Å². The van der Waals surface area contributed by atoms with E-state index in [2.05, 4.69) is 52.9 Å². The molecule has 2 aromatic rings. The van der Waals surface area contributed by atoms with Crippen LogP contribution in [0.2, 0.25) is 0 Å². The predicted octanol–water partition coefficient (Wildman–Crippen LogP) is 3.36. The lowest BCUT2D eigenvalue weighted by molar-refractivity contribution is 0.480. The van der Waals surface area contributed by atoms with Crippen molar-refractivity contribution in [1.82, 2.24) is 14.8 Å². The van der Waals surface area contributed by atoms with Gasteiger partial charge in [-0.15, -0.1) is 21.8 Å². The van der Waals surface area contributed by atoms with Crippen LogP contribution in [-0.4, -0.2) is 14.8 Å². The standard InChI is InChI=1S/C15H18ClN3/c1-10(2)9-19-14(8-16)17-18-15(19)13-7-11-5-3-4-6-12(11)13/h3-6,10,13H,7-9H2,1-2H3. The summed E-state index contributed by atoms with van der Waals surface area (Å²) in [7, 11) is 0. The Morgan fingerprint density at radius 2 is 2.11 bits per heavy atom. The van der Waals surface area contributed by atoms with Crippen molar-refractivity contribution in [2.24, 2.45) is 5.92 Å². The van der Waals surface area contributed by atoms with Crippen LogP contribution in [0.25, 0.3) is 0 Å². The number of alkyl halides is 1. The molecule has 1 unspecified atom stereocenters. The van der Waals surface area contributed by atoms with Crippen LogP contribution >= 0.6 is 11.6 Å². The van der Waals surface area contributed by atoms with Crippen LogP contribution in [-0.2, 0) is 18.8 Å². The molecule has 1 heterocycles. The highest BCUT2D eigenvalue weighted by Gasteiger charge is 2.31. The van der Waals surface area contributed by atoms with Gasteiger partial charge in [0.05, 0.1) is 5.88 Å². The molecule has 4 heteroatoms. The molecule has 3 nitrogen and oxygen atoms in total. The third-order valence-corrected chi connectivity index (χ3v) is 3.93. The Kier molecular flexibility index (Phi) is 3.31. The van der Waals surface area contributed by atoms with E-state index in [1.807, 2.05) is 0 Å². The molecule has 19 heavy (non-hydrogen) atoms. The zero-order chi connectivity index (χ0) is 13.4. The number of fused-ring (bicyclic) bond motifs is 1. The zero-order valence-electron chi connectivity index (χ0n) is 11.3. The van der Waals surface area contributed by atoms with Crippen LogP contribution in [0.15, 0.2) is 24.3 Å². The average Bonchev–Trinajstić information content (AvgIpc) is 2.73. The fourth-order valence-corrected chi connectivity index (χ4v) is 2.96. The first-order chi connectivity index (χ1) is 9.20. The van der Waals surface area contributed by atoms with Gasteiger partial charge in [-0.1, -0.05) is 38.1 Å². The third kappa shape index (κ3) is 2.16.